The number of ether oxygens (including phenoxy) is 1. The molecule has 8 heteroatoms. The number of aromatic nitrogens is 1. The van der Waals surface area contributed by atoms with Gasteiger partial charge in [-0.1, -0.05) is 6.07 Å². The Balaban J connectivity index is 1.86. The van der Waals surface area contributed by atoms with Crippen LogP contribution in [-0.4, -0.2) is 85.3 Å². The Bertz CT molecular complexity index is 636. The maximum Gasteiger partial charge on any atom is 0.410 e. The van der Waals surface area contributed by atoms with Gasteiger partial charge in [-0.3, -0.25) is 4.99 Å². The van der Waals surface area contributed by atoms with Crippen LogP contribution >= 0.6 is 0 Å². The number of nitrogens with one attached hydrogen (secondary N) is 1. The third-order valence-corrected chi connectivity index (χ3v) is 4.29. The summed E-state index contributed by atoms with van der Waals surface area (Å²) in [6.07, 6.45) is 1.51. The summed E-state index contributed by atoms with van der Waals surface area (Å²) >= 11 is 0. The maximum absolute atomic E-state index is 12.1. The molecule has 1 aromatic heterocycles. The number of likely N-dealkylation sites (N-methyl/N-ethyl adjacent to an activating group) is 1. The zero-order valence-corrected chi connectivity index (χ0v) is 17.8. The Kier molecular flexibility index (Phi) is 7.90. The van der Waals surface area contributed by atoms with Crippen molar-refractivity contribution in [3.8, 4) is 0 Å². The van der Waals surface area contributed by atoms with Gasteiger partial charge in [0, 0.05) is 52.5 Å². The summed E-state index contributed by atoms with van der Waals surface area (Å²) in [5, 5.41) is 3.36. The molecule has 0 unspecified atom stereocenters. The Labute approximate surface area is 168 Å². The maximum atomic E-state index is 12.1. The third-order valence-electron chi connectivity index (χ3n) is 4.29. The van der Waals surface area contributed by atoms with Crippen molar-refractivity contribution in [2.45, 2.75) is 33.3 Å². The van der Waals surface area contributed by atoms with Crippen LogP contribution in [0, 0.1) is 0 Å². The molecule has 1 aromatic rings. The first kappa shape index (κ1) is 21.8. The van der Waals surface area contributed by atoms with E-state index < -0.39 is 5.60 Å². The summed E-state index contributed by atoms with van der Waals surface area (Å²) in [6, 6.07) is 5.99. The summed E-state index contributed by atoms with van der Waals surface area (Å²) in [7, 11) is 1.74. The van der Waals surface area contributed by atoms with Gasteiger partial charge in [0.05, 0.1) is 6.54 Å². The van der Waals surface area contributed by atoms with Crippen molar-refractivity contribution in [3.63, 3.8) is 0 Å². The molecule has 1 amide bonds. The average Bonchev–Trinajstić information content (AvgIpc) is 2.67. The van der Waals surface area contributed by atoms with Crippen molar-refractivity contribution >= 4 is 17.9 Å². The number of carbonyl (C=O) groups excluding carboxylic acids is 1. The van der Waals surface area contributed by atoms with Crippen molar-refractivity contribution in [1.82, 2.24) is 20.1 Å². The number of amides is 1. The molecule has 28 heavy (non-hydrogen) atoms. The fourth-order valence-electron chi connectivity index (χ4n) is 2.85. The van der Waals surface area contributed by atoms with Crippen LogP contribution in [-0.2, 0) is 4.74 Å². The molecule has 0 bridgehead atoms. The molecule has 1 saturated heterocycles. The fraction of sp³-hybridized carbons (Fsp3) is 0.650. The summed E-state index contributed by atoms with van der Waals surface area (Å²) in [5.41, 5.74) is -0.489. The van der Waals surface area contributed by atoms with Crippen LogP contribution in [0.4, 0.5) is 10.6 Å². The van der Waals surface area contributed by atoms with E-state index in [0.29, 0.717) is 13.1 Å². The molecule has 1 fully saturated rings. The highest BCUT2D eigenvalue weighted by Gasteiger charge is 2.21. The molecular formula is C20H34N6O2. The first-order chi connectivity index (χ1) is 13.3. The Morgan fingerprint density at radius 1 is 1.29 bits per heavy atom. The van der Waals surface area contributed by atoms with Gasteiger partial charge in [0.2, 0.25) is 0 Å². The number of anilines is 1. The number of rotatable bonds is 5. The predicted molar refractivity (Wildman–Crippen MR) is 113 cm³/mol. The van der Waals surface area contributed by atoms with E-state index in [0.717, 1.165) is 44.5 Å². The van der Waals surface area contributed by atoms with E-state index >= 15 is 0 Å². The van der Waals surface area contributed by atoms with Crippen molar-refractivity contribution in [2.75, 3.05) is 57.8 Å². The van der Waals surface area contributed by atoms with Gasteiger partial charge < -0.3 is 24.8 Å². The highest BCUT2D eigenvalue weighted by Crippen LogP contribution is 2.12. The second-order valence-electron chi connectivity index (χ2n) is 7.80. The SMILES string of the molecule is CCNC(=NCCN(C)C(=O)OC(C)(C)C)N1CCN(c2ccccn2)CC1. The van der Waals surface area contributed by atoms with Crippen molar-refractivity contribution in [1.29, 1.82) is 0 Å². The number of piperazine rings is 1. The number of guanidine groups is 1. The molecule has 1 aliphatic rings. The monoisotopic (exact) mass is 390 g/mol. The van der Waals surface area contributed by atoms with Gasteiger partial charge in [0.15, 0.2) is 5.96 Å². The lowest BCUT2D eigenvalue weighted by atomic mass is 10.2. The second-order valence-corrected chi connectivity index (χ2v) is 7.80. The standard InChI is InChI=1S/C20H34N6O2/c1-6-21-18(23-11-12-24(5)19(27)28-20(2,3)4)26-15-13-25(14-16-26)17-9-7-8-10-22-17/h7-10H,6,11-16H2,1-5H3,(H,21,23). The summed E-state index contributed by atoms with van der Waals surface area (Å²) < 4.78 is 5.38. The molecule has 156 valence electrons. The van der Waals surface area contributed by atoms with E-state index in [1.165, 1.54) is 0 Å². The molecule has 1 aliphatic heterocycles. The topological polar surface area (TPSA) is 73.3 Å². The summed E-state index contributed by atoms with van der Waals surface area (Å²) in [5.74, 6) is 1.91. The molecule has 2 rings (SSSR count). The smallest absolute Gasteiger partial charge is 0.410 e. The number of carbonyl (C=O) groups is 1. The van der Waals surface area contributed by atoms with Crippen LogP contribution in [0.25, 0.3) is 0 Å². The molecule has 1 N–H and O–H groups in total. The van der Waals surface area contributed by atoms with Crippen molar-refractivity contribution in [3.05, 3.63) is 24.4 Å². The highest BCUT2D eigenvalue weighted by atomic mass is 16.6. The second kappa shape index (κ2) is 10.1. The van der Waals surface area contributed by atoms with E-state index in [9.17, 15) is 4.79 Å². The fourth-order valence-corrected chi connectivity index (χ4v) is 2.85. The third kappa shape index (κ3) is 6.90. The minimum Gasteiger partial charge on any atom is -0.444 e. The van der Waals surface area contributed by atoms with Crippen LogP contribution in [0.1, 0.15) is 27.7 Å². The molecule has 0 aliphatic carbocycles. The van der Waals surface area contributed by atoms with Gasteiger partial charge in [-0.05, 0) is 39.8 Å². The molecule has 0 saturated carbocycles. The van der Waals surface area contributed by atoms with Gasteiger partial charge >= 0.3 is 6.09 Å². The van der Waals surface area contributed by atoms with E-state index in [-0.39, 0.29) is 6.09 Å². The minimum atomic E-state index is -0.489. The summed E-state index contributed by atoms with van der Waals surface area (Å²) in [6.45, 7) is 13.1. The quantitative estimate of drug-likeness (QED) is 0.613. The van der Waals surface area contributed by atoms with Crippen LogP contribution in [0.15, 0.2) is 29.4 Å². The highest BCUT2D eigenvalue weighted by molar-refractivity contribution is 5.80. The van der Waals surface area contributed by atoms with Crippen molar-refractivity contribution in [2.24, 2.45) is 4.99 Å². The number of nitrogens with zero attached hydrogens (tertiary/aromatic N) is 5. The largest absolute Gasteiger partial charge is 0.444 e. The Hall–Kier alpha value is -2.51. The molecule has 0 spiro atoms. The van der Waals surface area contributed by atoms with Gasteiger partial charge in [-0.25, -0.2) is 9.78 Å². The molecular weight excluding hydrogens is 356 g/mol. The number of aliphatic imine (C=N–C) groups is 1. The van der Waals surface area contributed by atoms with Crippen LogP contribution < -0.4 is 10.2 Å². The van der Waals surface area contributed by atoms with Crippen LogP contribution in [0.3, 0.4) is 0 Å². The summed E-state index contributed by atoms with van der Waals surface area (Å²) in [4.78, 5) is 27.3. The zero-order chi connectivity index (χ0) is 20.6. The van der Waals surface area contributed by atoms with E-state index in [1.54, 1.807) is 11.9 Å². The van der Waals surface area contributed by atoms with Crippen LogP contribution in [0.2, 0.25) is 0 Å². The zero-order valence-electron chi connectivity index (χ0n) is 17.8. The average molecular weight is 391 g/mol. The number of hydrogen-bond acceptors (Lipinski definition) is 5. The van der Waals surface area contributed by atoms with Gasteiger partial charge in [-0.2, -0.15) is 0 Å². The molecule has 0 atom stereocenters. The molecule has 2 heterocycles. The Morgan fingerprint density at radius 3 is 2.57 bits per heavy atom. The Morgan fingerprint density at radius 2 is 2.00 bits per heavy atom. The lowest BCUT2D eigenvalue weighted by molar-refractivity contribution is 0.0304. The van der Waals surface area contributed by atoms with Crippen LogP contribution in [0.5, 0.6) is 0 Å². The molecule has 8 nitrogen and oxygen atoms in total. The van der Waals surface area contributed by atoms with Gasteiger partial charge in [0.1, 0.15) is 11.4 Å². The first-order valence-corrected chi connectivity index (χ1v) is 9.93. The van der Waals surface area contributed by atoms with Gasteiger partial charge in [0.25, 0.3) is 0 Å². The first-order valence-electron chi connectivity index (χ1n) is 9.93. The lowest BCUT2D eigenvalue weighted by Crippen LogP contribution is -2.53. The molecule has 0 aromatic carbocycles. The van der Waals surface area contributed by atoms with Gasteiger partial charge in [-0.15, -0.1) is 0 Å². The predicted octanol–water partition coefficient (Wildman–Crippen LogP) is 2.04. The number of hydrogen-bond donors (Lipinski definition) is 1. The van der Waals surface area contributed by atoms with E-state index in [1.807, 2.05) is 45.2 Å². The van der Waals surface area contributed by atoms with Crippen molar-refractivity contribution < 1.29 is 9.53 Å². The number of pyridine rings is 1. The normalized spacial score (nSPS) is 15.4. The molecule has 0 radical (unpaired) electrons. The van der Waals surface area contributed by atoms with E-state index in [4.69, 9.17) is 9.73 Å². The lowest BCUT2D eigenvalue weighted by Gasteiger charge is -2.37. The van der Waals surface area contributed by atoms with E-state index in [2.05, 4.69) is 27.0 Å². The minimum absolute atomic E-state index is 0.323.